The Balaban J connectivity index is 0.00000113. The Bertz CT molecular complexity index is 838. The average molecular weight is 621 g/mol. The molecule has 0 N–H and O–H groups in total. The zero-order valence-corrected chi connectivity index (χ0v) is 30.2. The van der Waals surface area contributed by atoms with Crippen LogP contribution >= 0.6 is 15.8 Å². The molecule has 1 aliphatic rings. The Morgan fingerprint density at radius 3 is 1.03 bits per heavy atom. The number of hydrogen-bond donors (Lipinski definition) is 0. The Labute approximate surface area is 256 Å². The molecule has 2 aromatic carbocycles. The Morgan fingerprint density at radius 1 is 0.538 bits per heavy atom. The summed E-state index contributed by atoms with van der Waals surface area (Å²) in [5.41, 5.74) is 3.16. The maximum atomic E-state index is 4.94. The van der Waals surface area contributed by atoms with Gasteiger partial charge in [0.15, 0.2) is 0 Å². The summed E-state index contributed by atoms with van der Waals surface area (Å²) in [6.07, 6.45) is 1.67. The summed E-state index contributed by atoms with van der Waals surface area (Å²) in [5.74, 6) is 0. The molecule has 0 aliphatic carbocycles. The zero-order valence-electron chi connectivity index (χ0n) is 27.3. The first kappa shape index (κ1) is 36.9. The summed E-state index contributed by atoms with van der Waals surface area (Å²) in [6, 6.07) is 25.9. The summed E-state index contributed by atoms with van der Waals surface area (Å²) in [7, 11) is -1.43. The van der Waals surface area contributed by atoms with Crippen LogP contribution in [-0.2, 0) is 21.8 Å². The molecule has 0 saturated carbocycles. The SMILES string of the molecule is C1CCOC1.CC(C)(C)[PH+](C[B-](C[PH+](C(C)(C)C)C(C)(C)C)(c1ccccc1)c1ccccc1)C(C)(C)C.[Cu+]. The number of rotatable bonds is 6. The fourth-order valence-corrected chi connectivity index (χ4v) is 16.9. The molecule has 5 heteroatoms. The largest absolute Gasteiger partial charge is 1.00 e. The second-order valence-corrected chi connectivity index (χ2v) is 24.5. The maximum Gasteiger partial charge on any atom is 1.00 e. The van der Waals surface area contributed by atoms with Gasteiger partial charge in [0.1, 0.15) is 6.15 Å². The fourth-order valence-electron chi connectivity index (χ4n) is 7.06. The van der Waals surface area contributed by atoms with E-state index in [4.69, 9.17) is 4.74 Å². The topological polar surface area (TPSA) is 9.23 Å². The zero-order chi connectivity index (χ0) is 28.8. The van der Waals surface area contributed by atoms with E-state index in [2.05, 4.69) is 144 Å². The average Bonchev–Trinajstić information content (AvgIpc) is 3.38. The Hall–Kier alpha value is -0.156. The van der Waals surface area contributed by atoms with E-state index in [1.54, 1.807) is 10.9 Å². The van der Waals surface area contributed by atoms with Crippen LogP contribution in [0.4, 0.5) is 0 Å². The third-order valence-corrected chi connectivity index (χ3v) is 17.9. The third kappa shape index (κ3) is 10.9. The summed E-state index contributed by atoms with van der Waals surface area (Å²) < 4.78 is 4.94. The van der Waals surface area contributed by atoms with Crippen molar-refractivity contribution in [3.8, 4) is 0 Å². The molecule has 1 heterocycles. The van der Waals surface area contributed by atoms with Gasteiger partial charge in [0.2, 0.25) is 0 Å². The molecule has 0 radical (unpaired) electrons. The number of hydrogen-bond acceptors (Lipinski definition) is 1. The Kier molecular flexibility index (Phi) is 14.0. The summed E-state index contributed by atoms with van der Waals surface area (Å²) >= 11 is 0. The van der Waals surface area contributed by atoms with Crippen molar-refractivity contribution < 1.29 is 21.8 Å². The van der Waals surface area contributed by atoms with Crippen LogP contribution in [0.2, 0.25) is 0 Å². The summed E-state index contributed by atoms with van der Waals surface area (Å²) in [6.45, 7) is 32.0. The van der Waals surface area contributed by atoms with Crippen LogP contribution in [0, 0.1) is 0 Å². The van der Waals surface area contributed by atoms with E-state index in [-0.39, 0.29) is 17.1 Å². The van der Waals surface area contributed by atoms with Crippen LogP contribution in [0.25, 0.3) is 0 Å². The molecule has 3 rings (SSSR count). The van der Waals surface area contributed by atoms with Crippen LogP contribution in [0.5, 0.6) is 0 Å². The maximum absolute atomic E-state index is 4.94. The Morgan fingerprint density at radius 2 is 0.821 bits per heavy atom. The molecular formula is C34H60BCuOP2+2. The molecule has 224 valence electrons. The van der Waals surface area contributed by atoms with Crippen molar-refractivity contribution in [2.24, 2.45) is 0 Å². The van der Waals surface area contributed by atoms with Gasteiger partial charge in [0, 0.05) is 13.2 Å². The number of benzene rings is 2. The molecule has 1 fully saturated rings. The van der Waals surface area contributed by atoms with Gasteiger partial charge in [-0.05, 0) is 112 Å². The van der Waals surface area contributed by atoms with Crippen molar-refractivity contribution in [2.45, 2.75) is 117 Å². The van der Waals surface area contributed by atoms with Gasteiger partial charge in [0.05, 0.1) is 20.6 Å². The second-order valence-electron chi connectivity index (χ2n) is 15.8. The van der Waals surface area contributed by atoms with Gasteiger partial charge in [-0.2, -0.15) is 10.9 Å². The van der Waals surface area contributed by atoms with Gasteiger partial charge in [0.25, 0.3) is 0 Å². The minimum Gasteiger partial charge on any atom is -0.381 e. The molecule has 0 bridgehead atoms. The molecule has 1 aliphatic heterocycles. The van der Waals surface area contributed by atoms with Crippen molar-refractivity contribution >= 4 is 32.9 Å². The van der Waals surface area contributed by atoms with Crippen molar-refractivity contribution in [3.63, 3.8) is 0 Å². The molecule has 2 aromatic rings. The molecule has 0 atom stereocenters. The van der Waals surface area contributed by atoms with E-state index in [1.807, 2.05) is 0 Å². The van der Waals surface area contributed by atoms with E-state index in [0.29, 0.717) is 20.6 Å². The van der Waals surface area contributed by atoms with Gasteiger partial charge >= 0.3 is 17.1 Å². The van der Waals surface area contributed by atoms with Crippen LogP contribution in [-0.4, -0.2) is 52.1 Å². The van der Waals surface area contributed by atoms with E-state index in [9.17, 15) is 0 Å². The first-order valence-corrected chi connectivity index (χ1v) is 18.4. The fraction of sp³-hybridized carbons (Fsp3) is 0.647. The van der Waals surface area contributed by atoms with Crippen molar-refractivity contribution in [1.29, 1.82) is 0 Å². The van der Waals surface area contributed by atoms with Crippen molar-refractivity contribution in [3.05, 3.63) is 60.7 Å². The molecular weight excluding hydrogens is 561 g/mol. The van der Waals surface area contributed by atoms with Gasteiger partial charge in [-0.1, -0.05) is 72.8 Å². The molecule has 1 nitrogen and oxygen atoms in total. The normalized spacial score (nSPS) is 15.1. The molecule has 0 spiro atoms. The van der Waals surface area contributed by atoms with Gasteiger partial charge in [-0.25, -0.2) is 0 Å². The predicted molar refractivity (Wildman–Crippen MR) is 183 cm³/mol. The van der Waals surface area contributed by atoms with Crippen LogP contribution in [0.1, 0.15) is 95.9 Å². The van der Waals surface area contributed by atoms with Crippen LogP contribution < -0.4 is 10.9 Å². The second kappa shape index (κ2) is 14.8. The van der Waals surface area contributed by atoms with Crippen molar-refractivity contribution in [1.82, 2.24) is 0 Å². The van der Waals surface area contributed by atoms with E-state index in [0.717, 1.165) is 13.2 Å². The summed E-state index contributed by atoms with van der Waals surface area (Å²) in [4.78, 5) is 0. The van der Waals surface area contributed by atoms with Gasteiger partial charge < -0.3 is 4.74 Å². The monoisotopic (exact) mass is 620 g/mol. The van der Waals surface area contributed by atoms with E-state index < -0.39 is 22.0 Å². The molecule has 39 heavy (non-hydrogen) atoms. The van der Waals surface area contributed by atoms with Gasteiger partial charge in [-0.15, -0.1) is 0 Å². The minimum atomic E-state index is -0.884. The first-order chi connectivity index (χ1) is 17.4. The van der Waals surface area contributed by atoms with Crippen molar-refractivity contribution in [2.75, 3.05) is 25.3 Å². The minimum absolute atomic E-state index is 0. The standard InChI is InChI=1S/C30H50BP2.C4H8O.Cu/c1-27(2,3)32(28(4,5)6)23-31(25-19-15-13-16-20-25,26-21-17-14-18-22-26)24-33(29(7,8)9)30(10,11)12;1-2-4-5-3-1;/h13-22H,23-24H2,1-12H3;1-4H2;/q-1;;+1/p+2. The first-order valence-electron chi connectivity index (χ1n) is 15.0. The third-order valence-electron chi connectivity index (χ3n) is 8.43. The predicted octanol–water partition coefficient (Wildman–Crippen LogP) is 8.74. The van der Waals surface area contributed by atoms with Gasteiger partial charge in [-0.3, -0.25) is 0 Å². The van der Waals surface area contributed by atoms with Crippen LogP contribution in [0.15, 0.2) is 60.7 Å². The smallest absolute Gasteiger partial charge is 0.381 e. The van der Waals surface area contributed by atoms with E-state index in [1.165, 1.54) is 25.0 Å². The van der Waals surface area contributed by atoms with Crippen LogP contribution in [0.3, 0.4) is 0 Å². The number of ether oxygens (including phenoxy) is 1. The quantitative estimate of drug-likeness (QED) is 0.232. The summed E-state index contributed by atoms with van der Waals surface area (Å²) in [5, 5.41) is 1.37. The molecule has 0 unspecified atom stereocenters. The van der Waals surface area contributed by atoms with E-state index >= 15 is 0 Å². The molecule has 1 saturated heterocycles. The molecule has 0 amide bonds. The molecule has 0 aromatic heterocycles.